The molecule has 1 rings (SSSR count). The molecule has 0 bridgehead atoms. The van der Waals surface area contributed by atoms with Crippen LogP contribution in [0.15, 0.2) is 0 Å². The normalized spacial score (nSPS) is 23.8. The van der Waals surface area contributed by atoms with E-state index in [-0.39, 0.29) is 24.7 Å². The molecular weight excluding hydrogens is 220 g/mol. The van der Waals surface area contributed by atoms with Crippen LogP contribution in [0.2, 0.25) is 0 Å². The van der Waals surface area contributed by atoms with Crippen LogP contribution in [0.3, 0.4) is 0 Å². The maximum absolute atomic E-state index is 11.9. The van der Waals surface area contributed by atoms with Crippen LogP contribution in [0.5, 0.6) is 0 Å². The Morgan fingerprint density at radius 3 is 2.47 bits per heavy atom. The molecule has 0 heterocycles. The smallest absolute Gasteiger partial charge is 0.323 e. The van der Waals surface area contributed by atoms with Crippen molar-refractivity contribution in [3.8, 4) is 0 Å². The van der Waals surface area contributed by atoms with Gasteiger partial charge in [0.2, 0.25) is 0 Å². The molecule has 0 spiro atoms. The Morgan fingerprint density at radius 1 is 1.41 bits per heavy atom. The second kappa shape index (κ2) is 5.89. The Hall–Kier alpha value is -1.26. The predicted molar refractivity (Wildman–Crippen MR) is 64.8 cm³/mol. The van der Waals surface area contributed by atoms with Gasteiger partial charge in [-0.15, -0.1) is 0 Å². The molecule has 0 radical (unpaired) electrons. The first kappa shape index (κ1) is 13.8. The van der Waals surface area contributed by atoms with E-state index in [2.05, 4.69) is 12.2 Å². The lowest BCUT2D eigenvalue weighted by atomic mass is 10.1. The number of rotatable bonds is 4. The largest absolute Gasteiger partial charge is 0.480 e. The molecule has 2 amide bonds. The summed E-state index contributed by atoms with van der Waals surface area (Å²) in [6, 6.07) is -0.168. The van der Waals surface area contributed by atoms with Crippen molar-refractivity contribution in [1.82, 2.24) is 10.2 Å². The fourth-order valence-corrected chi connectivity index (χ4v) is 2.23. The first-order valence-electron chi connectivity index (χ1n) is 6.19. The molecule has 0 saturated heterocycles. The number of nitrogens with zero attached hydrogens (tertiary/aromatic N) is 1. The number of carboxylic acids is 1. The third-order valence-corrected chi connectivity index (χ3v) is 3.21. The number of urea groups is 1. The summed E-state index contributed by atoms with van der Waals surface area (Å²) in [4.78, 5) is 24.0. The molecule has 1 aliphatic rings. The molecule has 2 N–H and O–H groups in total. The zero-order valence-electron chi connectivity index (χ0n) is 10.8. The van der Waals surface area contributed by atoms with Gasteiger partial charge in [-0.2, -0.15) is 0 Å². The van der Waals surface area contributed by atoms with Gasteiger partial charge in [0.25, 0.3) is 0 Å². The standard InChI is InChI=1S/C12H22N2O3/c1-8(2)14(7-11(15)16)12(17)13-10-5-4-9(3)6-10/h8-10H,4-7H2,1-3H3,(H,13,17)(H,15,16). The van der Waals surface area contributed by atoms with E-state index >= 15 is 0 Å². The lowest BCUT2D eigenvalue weighted by Gasteiger charge is -2.27. The quantitative estimate of drug-likeness (QED) is 0.788. The maximum atomic E-state index is 11.9. The number of nitrogens with one attached hydrogen (secondary N) is 1. The van der Waals surface area contributed by atoms with Gasteiger partial charge in [0, 0.05) is 12.1 Å². The number of carbonyl (C=O) groups is 2. The SMILES string of the molecule is CC1CCC(NC(=O)N(CC(=O)O)C(C)C)C1. The van der Waals surface area contributed by atoms with Crippen LogP contribution in [-0.2, 0) is 4.79 Å². The summed E-state index contributed by atoms with van der Waals surface area (Å²) in [5.41, 5.74) is 0. The summed E-state index contributed by atoms with van der Waals surface area (Å²) in [5, 5.41) is 11.7. The van der Waals surface area contributed by atoms with Gasteiger partial charge in [0.1, 0.15) is 6.54 Å². The summed E-state index contributed by atoms with van der Waals surface area (Å²) < 4.78 is 0. The summed E-state index contributed by atoms with van der Waals surface area (Å²) in [6.07, 6.45) is 3.11. The summed E-state index contributed by atoms with van der Waals surface area (Å²) >= 11 is 0. The van der Waals surface area contributed by atoms with Crippen LogP contribution in [0.4, 0.5) is 4.79 Å². The van der Waals surface area contributed by atoms with Gasteiger partial charge < -0.3 is 15.3 Å². The van der Waals surface area contributed by atoms with Crippen molar-refractivity contribution < 1.29 is 14.7 Å². The van der Waals surface area contributed by atoms with Gasteiger partial charge in [-0.05, 0) is 39.0 Å². The highest BCUT2D eigenvalue weighted by atomic mass is 16.4. The van der Waals surface area contributed by atoms with Gasteiger partial charge >= 0.3 is 12.0 Å². The van der Waals surface area contributed by atoms with Crippen molar-refractivity contribution in [3.63, 3.8) is 0 Å². The van der Waals surface area contributed by atoms with E-state index in [1.54, 1.807) is 0 Å². The van der Waals surface area contributed by atoms with E-state index in [1.807, 2.05) is 13.8 Å². The average Bonchev–Trinajstić information content (AvgIpc) is 2.59. The van der Waals surface area contributed by atoms with E-state index in [9.17, 15) is 9.59 Å². The highest BCUT2D eigenvalue weighted by Gasteiger charge is 2.26. The number of carbonyl (C=O) groups excluding carboxylic acids is 1. The fraction of sp³-hybridized carbons (Fsp3) is 0.833. The van der Waals surface area contributed by atoms with Crippen LogP contribution in [0.25, 0.3) is 0 Å². The molecule has 0 aromatic heterocycles. The van der Waals surface area contributed by atoms with E-state index in [4.69, 9.17) is 5.11 Å². The second-order valence-electron chi connectivity index (χ2n) is 5.18. The predicted octanol–water partition coefficient (Wildman–Crippen LogP) is 1.68. The number of amides is 2. The molecule has 0 aromatic carbocycles. The fourth-order valence-electron chi connectivity index (χ4n) is 2.23. The van der Waals surface area contributed by atoms with Crippen molar-refractivity contribution in [2.24, 2.45) is 5.92 Å². The molecule has 98 valence electrons. The summed E-state index contributed by atoms with van der Waals surface area (Å²) in [6.45, 7) is 5.56. The summed E-state index contributed by atoms with van der Waals surface area (Å²) in [7, 11) is 0. The van der Waals surface area contributed by atoms with Crippen LogP contribution in [0, 0.1) is 5.92 Å². The monoisotopic (exact) mass is 242 g/mol. The molecule has 1 aliphatic carbocycles. The minimum atomic E-state index is -0.978. The van der Waals surface area contributed by atoms with Crippen LogP contribution < -0.4 is 5.32 Å². The van der Waals surface area contributed by atoms with E-state index < -0.39 is 5.97 Å². The van der Waals surface area contributed by atoms with Crippen molar-refractivity contribution in [3.05, 3.63) is 0 Å². The molecule has 1 saturated carbocycles. The van der Waals surface area contributed by atoms with Gasteiger partial charge in [-0.1, -0.05) is 6.92 Å². The molecule has 5 nitrogen and oxygen atoms in total. The van der Waals surface area contributed by atoms with Gasteiger partial charge in [-0.25, -0.2) is 4.79 Å². The Balaban J connectivity index is 2.50. The van der Waals surface area contributed by atoms with Gasteiger partial charge in [-0.3, -0.25) is 4.79 Å². The third-order valence-electron chi connectivity index (χ3n) is 3.21. The molecule has 2 atom stereocenters. The third kappa shape index (κ3) is 4.24. The zero-order chi connectivity index (χ0) is 13.0. The molecule has 2 unspecified atom stereocenters. The van der Waals surface area contributed by atoms with Gasteiger partial charge in [0.05, 0.1) is 0 Å². The van der Waals surface area contributed by atoms with Crippen molar-refractivity contribution in [2.45, 2.75) is 52.1 Å². The number of carboxylic acid groups (broad SMARTS) is 1. The molecular formula is C12H22N2O3. The van der Waals surface area contributed by atoms with Crippen LogP contribution >= 0.6 is 0 Å². The minimum Gasteiger partial charge on any atom is -0.480 e. The highest BCUT2D eigenvalue weighted by molar-refractivity contribution is 5.80. The first-order valence-corrected chi connectivity index (χ1v) is 6.19. The Labute approximate surface area is 102 Å². The topological polar surface area (TPSA) is 69.6 Å². The summed E-state index contributed by atoms with van der Waals surface area (Å²) in [5.74, 6) is -0.332. The first-order chi connectivity index (χ1) is 7.90. The molecule has 17 heavy (non-hydrogen) atoms. The van der Waals surface area contributed by atoms with Crippen molar-refractivity contribution in [1.29, 1.82) is 0 Å². The maximum Gasteiger partial charge on any atom is 0.323 e. The molecule has 5 heteroatoms. The number of hydrogen-bond donors (Lipinski definition) is 2. The highest BCUT2D eigenvalue weighted by Crippen LogP contribution is 2.24. The van der Waals surface area contributed by atoms with Crippen molar-refractivity contribution in [2.75, 3.05) is 6.54 Å². The lowest BCUT2D eigenvalue weighted by Crippen LogP contribution is -2.49. The van der Waals surface area contributed by atoms with Crippen LogP contribution in [-0.4, -0.2) is 40.6 Å². The minimum absolute atomic E-state index is 0.107. The Bertz CT molecular complexity index is 291. The Kier molecular flexibility index (Phi) is 4.78. The number of aliphatic carboxylic acids is 1. The zero-order valence-corrected chi connectivity index (χ0v) is 10.8. The number of hydrogen-bond acceptors (Lipinski definition) is 2. The van der Waals surface area contributed by atoms with E-state index in [0.717, 1.165) is 19.3 Å². The molecule has 0 aliphatic heterocycles. The van der Waals surface area contributed by atoms with Gasteiger partial charge in [0.15, 0.2) is 0 Å². The van der Waals surface area contributed by atoms with Crippen LogP contribution in [0.1, 0.15) is 40.0 Å². The average molecular weight is 242 g/mol. The van der Waals surface area contributed by atoms with Crippen molar-refractivity contribution >= 4 is 12.0 Å². The Morgan fingerprint density at radius 2 is 2.06 bits per heavy atom. The van der Waals surface area contributed by atoms with E-state index in [0.29, 0.717) is 5.92 Å². The lowest BCUT2D eigenvalue weighted by molar-refractivity contribution is -0.138. The van der Waals surface area contributed by atoms with E-state index in [1.165, 1.54) is 4.90 Å². The molecule has 1 fully saturated rings. The second-order valence-corrected chi connectivity index (χ2v) is 5.18. The molecule has 0 aromatic rings.